The second-order valence-corrected chi connectivity index (χ2v) is 3.32. The fourth-order valence-electron chi connectivity index (χ4n) is 1.32. The third-order valence-corrected chi connectivity index (χ3v) is 2.30. The van der Waals surface area contributed by atoms with Crippen LogP contribution in [0.5, 0.6) is 0 Å². The van der Waals surface area contributed by atoms with E-state index >= 15 is 0 Å². The summed E-state index contributed by atoms with van der Waals surface area (Å²) in [5.74, 6) is 0. The minimum atomic E-state index is 0.601. The first-order chi connectivity index (χ1) is 6.83. The van der Waals surface area contributed by atoms with Crippen LogP contribution in [-0.4, -0.2) is 28.7 Å². The molecule has 1 heterocycles. The molecule has 0 bridgehead atoms. The average Bonchev–Trinajstić information content (AvgIpc) is 2.59. The van der Waals surface area contributed by atoms with Crippen molar-refractivity contribution in [2.24, 2.45) is 0 Å². The lowest BCUT2D eigenvalue weighted by atomic mass is 10.3. The van der Waals surface area contributed by atoms with Crippen LogP contribution in [0.3, 0.4) is 0 Å². The number of benzene rings is 1. The zero-order chi connectivity index (χ0) is 9.97. The Morgan fingerprint density at radius 2 is 2.36 bits per heavy atom. The highest BCUT2D eigenvalue weighted by Gasteiger charge is 2.06. The van der Waals surface area contributed by atoms with Gasteiger partial charge in [-0.05, 0) is 12.1 Å². The predicted molar refractivity (Wildman–Crippen MR) is 54.4 cm³/mol. The zero-order valence-corrected chi connectivity index (χ0v) is 8.53. The van der Waals surface area contributed by atoms with Gasteiger partial charge in [0.1, 0.15) is 11.0 Å². The molecule has 2 aromatic rings. The third-order valence-electron chi connectivity index (χ3n) is 1.99. The van der Waals surface area contributed by atoms with Crippen molar-refractivity contribution in [3.05, 3.63) is 23.2 Å². The maximum absolute atomic E-state index is 6.04. The molecule has 0 saturated heterocycles. The van der Waals surface area contributed by atoms with Gasteiger partial charge in [0.15, 0.2) is 0 Å². The van der Waals surface area contributed by atoms with Crippen molar-refractivity contribution >= 4 is 22.6 Å². The number of ether oxygens (including phenoxy) is 1. The number of para-hydroxylation sites is 1. The maximum atomic E-state index is 6.04. The summed E-state index contributed by atoms with van der Waals surface area (Å²) in [6.45, 7) is 1.26. The molecule has 0 spiro atoms. The summed E-state index contributed by atoms with van der Waals surface area (Å²) in [6, 6.07) is 5.58. The van der Waals surface area contributed by atoms with E-state index in [2.05, 4.69) is 10.3 Å². The van der Waals surface area contributed by atoms with Crippen LogP contribution in [0.1, 0.15) is 0 Å². The monoisotopic (exact) mass is 211 g/mol. The second kappa shape index (κ2) is 3.94. The summed E-state index contributed by atoms with van der Waals surface area (Å²) >= 11 is 6.04. The Bertz CT molecular complexity index is 441. The Morgan fingerprint density at radius 3 is 3.14 bits per heavy atom. The lowest BCUT2D eigenvalue weighted by molar-refractivity contribution is 0.184. The molecule has 0 aliphatic heterocycles. The predicted octanol–water partition coefficient (Wildman–Crippen LogP) is 1.73. The molecular weight excluding hydrogens is 202 g/mol. The lowest BCUT2D eigenvalue weighted by Gasteiger charge is -2.01. The topological polar surface area (TPSA) is 39.9 Å². The molecule has 0 aliphatic carbocycles. The van der Waals surface area contributed by atoms with Crippen molar-refractivity contribution in [2.45, 2.75) is 6.54 Å². The second-order valence-electron chi connectivity index (χ2n) is 2.91. The van der Waals surface area contributed by atoms with E-state index in [9.17, 15) is 0 Å². The van der Waals surface area contributed by atoms with Crippen molar-refractivity contribution < 1.29 is 4.74 Å². The van der Waals surface area contributed by atoms with Crippen LogP contribution < -0.4 is 0 Å². The first-order valence-corrected chi connectivity index (χ1v) is 4.67. The van der Waals surface area contributed by atoms with Gasteiger partial charge >= 0.3 is 0 Å². The quantitative estimate of drug-likeness (QED) is 0.777. The number of halogens is 1. The average molecular weight is 212 g/mol. The Labute approximate surface area is 86.4 Å². The van der Waals surface area contributed by atoms with Crippen LogP contribution >= 0.6 is 11.6 Å². The maximum Gasteiger partial charge on any atom is 0.114 e. The molecule has 0 unspecified atom stereocenters. The lowest BCUT2D eigenvalue weighted by Crippen LogP contribution is -2.05. The molecule has 0 radical (unpaired) electrons. The number of nitrogens with zero attached hydrogens (tertiary/aromatic N) is 3. The molecule has 74 valence electrons. The first kappa shape index (κ1) is 9.43. The largest absolute Gasteiger partial charge is 0.383 e. The highest BCUT2D eigenvalue weighted by atomic mass is 35.5. The standard InChI is InChI=1S/C9H10ClN3O/c1-14-6-5-13-9-7(10)3-2-4-8(9)11-12-13/h2-4H,5-6H2,1H3. The van der Waals surface area contributed by atoms with E-state index in [1.165, 1.54) is 0 Å². The number of rotatable bonds is 3. The minimum Gasteiger partial charge on any atom is -0.383 e. The van der Waals surface area contributed by atoms with Gasteiger partial charge in [0.05, 0.1) is 18.2 Å². The summed E-state index contributed by atoms with van der Waals surface area (Å²) in [5.41, 5.74) is 1.68. The van der Waals surface area contributed by atoms with Crippen molar-refractivity contribution in [1.82, 2.24) is 15.0 Å². The van der Waals surface area contributed by atoms with Crippen LogP contribution in [0.15, 0.2) is 18.2 Å². The molecule has 0 atom stereocenters. The van der Waals surface area contributed by atoms with E-state index in [1.807, 2.05) is 18.2 Å². The van der Waals surface area contributed by atoms with E-state index in [-0.39, 0.29) is 0 Å². The summed E-state index contributed by atoms with van der Waals surface area (Å²) in [5, 5.41) is 8.67. The van der Waals surface area contributed by atoms with Gasteiger partial charge < -0.3 is 4.74 Å². The smallest absolute Gasteiger partial charge is 0.114 e. The number of aromatic nitrogens is 3. The van der Waals surface area contributed by atoms with E-state index < -0.39 is 0 Å². The van der Waals surface area contributed by atoms with Crippen LogP contribution in [0, 0.1) is 0 Å². The highest BCUT2D eigenvalue weighted by Crippen LogP contribution is 2.20. The molecule has 14 heavy (non-hydrogen) atoms. The molecule has 0 N–H and O–H groups in total. The van der Waals surface area contributed by atoms with Gasteiger partial charge in [0, 0.05) is 7.11 Å². The summed E-state index contributed by atoms with van der Waals surface area (Å²) < 4.78 is 6.72. The Hall–Kier alpha value is -1.13. The molecule has 2 rings (SSSR count). The SMILES string of the molecule is COCCn1nnc2cccc(Cl)c21. The molecule has 4 nitrogen and oxygen atoms in total. The molecule has 0 amide bonds. The van der Waals surface area contributed by atoms with Crippen molar-refractivity contribution in [2.75, 3.05) is 13.7 Å². The molecule has 1 aromatic heterocycles. The fourth-order valence-corrected chi connectivity index (χ4v) is 1.59. The molecule has 1 aromatic carbocycles. The van der Waals surface area contributed by atoms with Crippen LogP contribution in [0.4, 0.5) is 0 Å². The Kier molecular flexibility index (Phi) is 2.65. The molecule has 0 saturated carbocycles. The summed E-state index contributed by atoms with van der Waals surface area (Å²) in [6.07, 6.45) is 0. The fraction of sp³-hybridized carbons (Fsp3) is 0.333. The molecule has 0 fully saturated rings. The Morgan fingerprint density at radius 1 is 1.50 bits per heavy atom. The summed E-state index contributed by atoms with van der Waals surface area (Å²) in [7, 11) is 1.65. The highest BCUT2D eigenvalue weighted by molar-refractivity contribution is 6.34. The van der Waals surface area contributed by atoms with Gasteiger partial charge in [0.25, 0.3) is 0 Å². The third kappa shape index (κ3) is 1.58. The van der Waals surface area contributed by atoms with Crippen LogP contribution in [-0.2, 0) is 11.3 Å². The van der Waals surface area contributed by atoms with E-state index in [0.29, 0.717) is 18.2 Å². The number of hydrogen-bond acceptors (Lipinski definition) is 3. The van der Waals surface area contributed by atoms with Crippen LogP contribution in [0.25, 0.3) is 11.0 Å². The van der Waals surface area contributed by atoms with Crippen molar-refractivity contribution in [1.29, 1.82) is 0 Å². The molecular formula is C9H10ClN3O. The van der Waals surface area contributed by atoms with Gasteiger partial charge in [-0.1, -0.05) is 22.9 Å². The van der Waals surface area contributed by atoms with Gasteiger partial charge in [-0.25, -0.2) is 4.68 Å². The van der Waals surface area contributed by atoms with Gasteiger partial charge in [-0.15, -0.1) is 5.10 Å². The zero-order valence-electron chi connectivity index (χ0n) is 7.77. The van der Waals surface area contributed by atoms with Gasteiger partial charge in [-0.3, -0.25) is 0 Å². The first-order valence-electron chi connectivity index (χ1n) is 4.29. The van der Waals surface area contributed by atoms with E-state index in [4.69, 9.17) is 16.3 Å². The number of hydrogen-bond donors (Lipinski definition) is 0. The summed E-state index contributed by atoms with van der Waals surface area (Å²) in [4.78, 5) is 0. The molecule has 5 heteroatoms. The number of methoxy groups -OCH3 is 1. The van der Waals surface area contributed by atoms with E-state index in [1.54, 1.807) is 11.8 Å². The number of fused-ring (bicyclic) bond motifs is 1. The molecule has 0 aliphatic rings. The van der Waals surface area contributed by atoms with Crippen molar-refractivity contribution in [3.8, 4) is 0 Å². The Balaban J connectivity index is 2.45. The minimum absolute atomic E-state index is 0.601. The van der Waals surface area contributed by atoms with Crippen LogP contribution in [0.2, 0.25) is 5.02 Å². The normalized spacial score (nSPS) is 11.0. The van der Waals surface area contributed by atoms with Crippen molar-refractivity contribution in [3.63, 3.8) is 0 Å². The van der Waals surface area contributed by atoms with E-state index in [0.717, 1.165) is 11.0 Å². The van der Waals surface area contributed by atoms with Gasteiger partial charge in [-0.2, -0.15) is 0 Å². The van der Waals surface area contributed by atoms with Gasteiger partial charge in [0.2, 0.25) is 0 Å².